The Hall–Kier alpha value is -2.43. The van der Waals surface area contributed by atoms with Crippen LogP contribution in [0.2, 0.25) is 0 Å². The van der Waals surface area contributed by atoms with E-state index in [-0.39, 0.29) is 24.2 Å². The van der Waals surface area contributed by atoms with Gasteiger partial charge in [0.2, 0.25) is 5.91 Å². The number of amides is 1. The average Bonchev–Trinajstić information content (AvgIpc) is 2.45. The maximum atomic E-state index is 13.0. The highest BCUT2D eigenvalue weighted by molar-refractivity contribution is 5.81. The van der Waals surface area contributed by atoms with E-state index in [1.807, 2.05) is 37.3 Å². The van der Waals surface area contributed by atoms with Gasteiger partial charge in [-0.05, 0) is 24.6 Å². The van der Waals surface area contributed by atoms with Crippen molar-refractivity contribution >= 4 is 11.6 Å². The van der Waals surface area contributed by atoms with Crippen LogP contribution in [0.25, 0.3) is 0 Å². The molecule has 0 heterocycles. The zero-order valence-electron chi connectivity index (χ0n) is 11.6. The van der Waals surface area contributed by atoms with E-state index < -0.39 is 11.6 Å². The number of carbonyl (C=O) groups excluding carboxylic acids is 1. The molecule has 0 radical (unpaired) electrons. The van der Waals surface area contributed by atoms with E-state index in [4.69, 9.17) is 0 Å². The maximum absolute atomic E-state index is 13.0. The van der Waals surface area contributed by atoms with Crippen LogP contribution in [0, 0.1) is 11.6 Å². The Morgan fingerprint density at radius 1 is 1.10 bits per heavy atom. The number of rotatable bonds is 5. The zero-order valence-corrected chi connectivity index (χ0v) is 11.6. The molecule has 5 heteroatoms. The molecule has 2 rings (SSSR count). The summed E-state index contributed by atoms with van der Waals surface area (Å²) in [6.07, 6.45) is 0. The third-order valence-corrected chi connectivity index (χ3v) is 2.99. The van der Waals surface area contributed by atoms with E-state index in [2.05, 4.69) is 10.6 Å². The predicted molar refractivity (Wildman–Crippen MR) is 77.8 cm³/mol. The lowest BCUT2D eigenvalue weighted by molar-refractivity contribution is -0.120. The summed E-state index contributed by atoms with van der Waals surface area (Å²) in [7, 11) is 0. The molecule has 2 aromatic carbocycles. The summed E-state index contributed by atoms with van der Waals surface area (Å²) in [5.41, 5.74) is 1.22. The van der Waals surface area contributed by atoms with Crippen LogP contribution < -0.4 is 10.6 Å². The van der Waals surface area contributed by atoms with Gasteiger partial charge in [0.25, 0.3) is 0 Å². The van der Waals surface area contributed by atoms with Gasteiger partial charge in [-0.15, -0.1) is 0 Å². The number of anilines is 1. The SMILES string of the molecule is C[C@H](NC(=O)CNc1cc(F)cc(F)c1)c1ccccc1. The second-order valence-corrected chi connectivity index (χ2v) is 4.71. The summed E-state index contributed by atoms with van der Waals surface area (Å²) in [4.78, 5) is 11.8. The van der Waals surface area contributed by atoms with Crippen molar-refractivity contribution in [2.75, 3.05) is 11.9 Å². The molecule has 0 fully saturated rings. The monoisotopic (exact) mass is 290 g/mol. The van der Waals surface area contributed by atoms with Gasteiger partial charge in [0.1, 0.15) is 11.6 Å². The van der Waals surface area contributed by atoms with Crippen molar-refractivity contribution in [2.24, 2.45) is 0 Å². The van der Waals surface area contributed by atoms with Gasteiger partial charge in [0.05, 0.1) is 12.6 Å². The van der Waals surface area contributed by atoms with Crippen LogP contribution in [0.1, 0.15) is 18.5 Å². The third-order valence-electron chi connectivity index (χ3n) is 2.99. The number of benzene rings is 2. The van der Waals surface area contributed by atoms with Gasteiger partial charge in [-0.2, -0.15) is 0 Å². The highest BCUT2D eigenvalue weighted by Crippen LogP contribution is 2.13. The second-order valence-electron chi connectivity index (χ2n) is 4.71. The summed E-state index contributed by atoms with van der Waals surface area (Å²) < 4.78 is 26.0. The molecule has 1 atom stereocenters. The molecule has 110 valence electrons. The fourth-order valence-corrected chi connectivity index (χ4v) is 1.96. The Balaban J connectivity index is 1.87. The summed E-state index contributed by atoms with van der Waals surface area (Å²) in [5, 5.41) is 5.50. The Morgan fingerprint density at radius 2 is 1.71 bits per heavy atom. The van der Waals surface area contributed by atoms with E-state index in [0.29, 0.717) is 0 Å². The molecular weight excluding hydrogens is 274 g/mol. The molecule has 0 aliphatic carbocycles. The lowest BCUT2D eigenvalue weighted by atomic mass is 10.1. The van der Waals surface area contributed by atoms with Crippen LogP contribution in [0.3, 0.4) is 0 Å². The molecule has 0 saturated carbocycles. The fourth-order valence-electron chi connectivity index (χ4n) is 1.96. The van der Waals surface area contributed by atoms with E-state index >= 15 is 0 Å². The first-order chi connectivity index (χ1) is 10.0. The van der Waals surface area contributed by atoms with Crippen LogP contribution >= 0.6 is 0 Å². The standard InChI is InChI=1S/C16H16F2N2O/c1-11(12-5-3-2-4-6-12)20-16(21)10-19-15-8-13(17)7-14(18)9-15/h2-9,11,19H,10H2,1H3,(H,20,21)/t11-/m0/s1. The molecule has 0 bridgehead atoms. The molecule has 2 aromatic rings. The minimum Gasteiger partial charge on any atom is -0.376 e. The summed E-state index contributed by atoms with van der Waals surface area (Å²) >= 11 is 0. The second kappa shape index (κ2) is 6.83. The number of hydrogen-bond donors (Lipinski definition) is 2. The summed E-state index contributed by atoms with van der Waals surface area (Å²) in [5.74, 6) is -1.62. The van der Waals surface area contributed by atoms with Gasteiger partial charge in [0.15, 0.2) is 0 Å². The fraction of sp³-hybridized carbons (Fsp3) is 0.188. The topological polar surface area (TPSA) is 41.1 Å². The lowest BCUT2D eigenvalue weighted by Crippen LogP contribution is -2.32. The van der Waals surface area contributed by atoms with E-state index in [1.165, 1.54) is 0 Å². The first-order valence-electron chi connectivity index (χ1n) is 6.59. The van der Waals surface area contributed by atoms with E-state index in [9.17, 15) is 13.6 Å². The van der Waals surface area contributed by atoms with Gasteiger partial charge >= 0.3 is 0 Å². The molecule has 1 amide bonds. The normalized spacial score (nSPS) is 11.8. The van der Waals surface area contributed by atoms with Crippen LogP contribution in [0.15, 0.2) is 48.5 Å². The Bertz CT molecular complexity index is 597. The quantitative estimate of drug-likeness (QED) is 0.887. The first-order valence-corrected chi connectivity index (χ1v) is 6.59. The third kappa shape index (κ3) is 4.56. The van der Waals surface area contributed by atoms with Crippen molar-refractivity contribution in [3.8, 4) is 0 Å². The Morgan fingerprint density at radius 3 is 2.33 bits per heavy atom. The van der Waals surface area contributed by atoms with Crippen molar-refractivity contribution in [1.29, 1.82) is 0 Å². The zero-order chi connectivity index (χ0) is 15.2. The molecule has 3 nitrogen and oxygen atoms in total. The molecule has 0 aliphatic heterocycles. The first kappa shape index (κ1) is 15.0. The molecular formula is C16H16F2N2O. The van der Waals surface area contributed by atoms with Crippen LogP contribution in [-0.2, 0) is 4.79 Å². The number of nitrogens with one attached hydrogen (secondary N) is 2. The van der Waals surface area contributed by atoms with Crippen molar-refractivity contribution in [1.82, 2.24) is 5.32 Å². The van der Waals surface area contributed by atoms with Gasteiger partial charge < -0.3 is 10.6 Å². The molecule has 21 heavy (non-hydrogen) atoms. The van der Waals surface area contributed by atoms with Crippen molar-refractivity contribution in [2.45, 2.75) is 13.0 Å². The summed E-state index contributed by atoms with van der Waals surface area (Å²) in [6.45, 7) is 1.81. The molecule has 0 aliphatic rings. The molecule has 0 unspecified atom stereocenters. The smallest absolute Gasteiger partial charge is 0.239 e. The largest absolute Gasteiger partial charge is 0.376 e. The molecule has 2 N–H and O–H groups in total. The Kier molecular flexibility index (Phi) is 4.87. The maximum Gasteiger partial charge on any atom is 0.239 e. The van der Waals surface area contributed by atoms with Crippen molar-refractivity contribution in [3.05, 3.63) is 65.7 Å². The van der Waals surface area contributed by atoms with Gasteiger partial charge in [0, 0.05) is 11.8 Å². The van der Waals surface area contributed by atoms with Crippen LogP contribution in [-0.4, -0.2) is 12.5 Å². The van der Waals surface area contributed by atoms with Crippen LogP contribution in [0.5, 0.6) is 0 Å². The minimum atomic E-state index is -0.685. The van der Waals surface area contributed by atoms with Gasteiger partial charge in [-0.25, -0.2) is 8.78 Å². The van der Waals surface area contributed by atoms with E-state index in [1.54, 1.807) is 0 Å². The van der Waals surface area contributed by atoms with Crippen molar-refractivity contribution in [3.63, 3.8) is 0 Å². The predicted octanol–water partition coefficient (Wildman–Crippen LogP) is 3.25. The highest BCUT2D eigenvalue weighted by Gasteiger charge is 2.09. The minimum absolute atomic E-state index is 0.0555. The highest BCUT2D eigenvalue weighted by atomic mass is 19.1. The molecule has 0 spiro atoms. The van der Waals surface area contributed by atoms with Crippen LogP contribution in [0.4, 0.5) is 14.5 Å². The Labute approximate surface area is 122 Å². The van der Waals surface area contributed by atoms with Gasteiger partial charge in [-0.1, -0.05) is 30.3 Å². The number of hydrogen-bond acceptors (Lipinski definition) is 2. The molecule has 0 aromatic heterocycles. The van der Waals surface area contributed by atoms with Gasteiger partial charge in [-0.3, -0.25) is 4.79 Å². The number of halogens is 2. The molecule has 0 saturated heterocycles. The lowest BCUT2D eigenvalue weighted by Gasteiger charge is -2.15. The van der Waals surface area contributed by atoms with E-state index in [0.717, 1.165) is 23.8 Å². The summed E-state index contributed by atoms with van der Waals surface area (Å²) in [6, 6.07) is 12.4. The average molecular weight is 290 g/mol. The van der Waals surface area contributed by atoms with Crippen molar-refractivity contribution < 1.29 is 13.6 Å². The number of carbonyl (C=O) groups is 1.